The lowest BCUT2D eigenvalue weighted by Crippen LogP contribution is -2.09. The normalized spacial score (nSPS) is 11.8. The van der Waals surface area contributed by atoms with E-state index in [2.05, 4.69) is 0 Å². The van der Waals surface area contributed by atoms with Crippen LogP contribution in [0.25, 0.3) is 0 Å². The fourth-order valence-corrected chi connectivity index (χ4v) is 3.59. The van der Waals surface area contributed by atoms with Gasteiger partial charge in [0, 0.05) is 5.75 Å². The highest BCUT2D eigenvalue weighted by atomic mass is 33.1. The minimum atomic E-state index is -2.93. The molecular weight excluding hydrogens is 196 g/mol. The van der Waals surface area contributed by atoms with Crippen LogP contribution in [0.3, 0.4) is 0 Å². The van der Waals surface area contributed by atoms with Crippen molar-refractivity contribution in [3.63, 3.8) is 0 Å². The first kappa shape index (κ1) is 12.2. The summed E-state index contributed by atoms with van der Waals surface area (Å²) in [4.78, 5) is 0. The van der Waals surface area contributed by atoms with Crippen molar-refractivity contribution in [2.45, 2.75) is 12.8 Å². The van der Waals surface area contributed by atoms with Crippen LogP contribution in [0.5, 0.6) is 0 Å². The third kappa shape index (κ3) is 6.90. The largest absolute Gasteiger partial charge is 0.330 e. The molecule has 0 atom stereocenters. The van der Waals surface area contributed by atoms with Crippen LogP contribution in [0.1, 0.15) is 12.8 Å². The van der Waals surface area contributed by atoms with Gasteiger partial charge in [0.05, 0.1) is 5.75 Å². The Morgan fingerprint density at radius 1 is 1.08 bits per heavy atom. The second kappa shape index (κ2) is 6.71. The Kier molecular flexibility index (Phi) is 6.83. The van der Waals surface area contributed by atoms with Crippen LogP contribution in [0.4, 0.5) is 0 Å². The molecule has 0 saturated carbocycles. The van der Waals surface area contributed by atoms with Crippen molar-refractivity contribution in [1.29, 1.82) is 0 Å². The maximum Gasteiger partial charge on any atom is 0.201 e. The minimum absolute atomic E-state index is 0.179. The van der Waals surface area contributed by atoms with E-state index in [-0.39, 0.29) is 5.75 Å². The summed E-state index contributed by atoms with van der Waals surface area (Å²) in [7, 11) is -1.95. The van der Waals surface area contributed by atoms with Crippen LogP contribution in [0.2, 0.25) is 0 Å². The molecule has 4 N–H and O–H groups in total. The second-order valence-corrected chi connectivity index (χ2v) is 6.77. The van der Waals surface area contributed by atoms with Crippen LogP contribution in [-0.2, 0) is 8.87 Å². The van der Waals surface area contributed by atoms with E-state index in [1.165, 1.54) is 0 Å². The molecule has 0 rings (SSSR count). The molecule has 0 radical (unpaired) electrons. The maximum atomic E-state index is 11.1. The predicted molar refractivity (Wildman–Crippen MR) is 53.6 cm³/mol. The Labute approximate surface area is 77.4 Å². The van der Waals surface area contributed by atoms with E-state index in [9.17, 15) is 8.42 Å². The van der Waals surface area contributed by atoms with Gasteiger partial charge >= 0.3 is 0 Å². The zero-order valence-electron chi connectivity index (χ0n) is 7.03. The van der Waals surface area contributed by atoms with Gasteiger partial charge in [-0.15, -0.1) is 0 Å². The third-order valence-electron chi connectivity index (χ3n) is 1.21. The lowest BCUT2D eigenvalue weighted by molar-refractivity contribution is 0.608. The first-order valence-corrected chi connectivity index (χ1v) is 7.05. The van der Waals surface area contributed by atoms with E-state index in [1.807, 2.05) is 0 Å². The molecule has 74 valence electrons. The van der Waals surface area contributed by atoms with Gasteiger partial charge in [-0.2, -0.15) is 0 Å². The van der Waals surface area contributed by atoms with Crippen molar-refractivity contribution >= 4 is 19.7 Å². The first-order chi connectivity index (χ1) is 5.62. The summed E-state index contributed by atoms with van der Waals surface area (Å²) >= 11 is 0. The quantitative estimate of drug-likeness (QED) is 0.449. The van der Waals surface area contributed by atoms with Crippen molar-refractivity contribution < 1.29 is 8.42 Å². The molecule has 0 bridgehead atoms. The van der Waals surface area contributed by atoms with E-state index in [0.29, 0.717) is 25.3 Å². The molecule has 0 aliphatic carbocycles. The molecule has 0 aromatic carbocycles. The Morgan fingerprint density at radius 2 is 1.67 bits per heavy atom. The molecule has 0 saturated heterocycles. The van der Waals surface area contributed by atoms with Crippen molar-refractivity contribution in [3.05, 3.63) is 0 Å². The molecule has 0 amide bonds. The van der Waals surface area contributed by atoms with Crippen molar-refractivity contribution in [1.82, 2.24) is 0 Å². The molecule has 12 heavy (non-hydrogen) atoms. The molecule has 0 aromatic heterocycles. The highest BCUT2D eigenvalue weighted by Gasteiger charge is 2.09. The van der Waals surface area contributed by atoms with E-state index in [4.69, 9.17) is 11.5 Å². The van der Waals surface area contributed by atoms with Crippen LogP contribution in [0, 0.1) is 0 Å². The number of nitrogens with two attached hydrogens (primary N) is 2. The standard InChI is InChI=1S/C6H16N2O2S2/c7-3-1-5-11-12(9,10)6-2-4-8/h1-8H2. The van der Waals surface area contributed by atoms with Gasteiger partial charge < -0.3 is 11.5 Å². The second-order valence-electron chi connectivity index (χ2n) is 2.37. The van der Waals surface area contributed by atoms with Crippen molar-refractivity contribution in [3.8, 4) is 0 Å². The first-order valence-electron chi connectivity index (χ1n) is 3.89. The van der Waals surface area contributed by atoms with E-state index in [1.54, 1.807) is 0 Å². The fourth-order valence-electron chi connectivity index (χ4n) is 0.588. The molecule has 0 aliphatic rings. The van der Waals surface area contributed by atoms with Crippen molar-refractivity contribution in [2.24, 2.45) is 11.5 Å². The summed E-state index contributed by atoms with van der Waals surface area (Å²) in [5.74, 6) is 0.766. The topological polar surface area (TPSA) is 86.2 Å². The lowest BCUT2D eigenvalue weighted by Gasteiger charge is -2.00. The number of hydrogen-bond donors (Lipinski definition) is 2. The zero-order valence-corrected chi connectivity index (χ0v) is 8.66. The number of hydrogen-bond acceptors (Lipinski definition) is 5. The average Bonchev–Trinajstić information content (AvgIpc) is 2.01. The highest BCUT2D eigenvalue weighted by Crippen LogP contribution is 2.14. The molecule has 4 nitrogen and oxygen atoms in total. The Bertz CT molecular complexity index is 192. The highest BCUT2D eigenvalue weighted by molar-refractivity contribution is 8.72. The average molecular weight is 212 g/mol. The van der Waals surface area contributed by atoms with Gasteiger partial charge in [-0.3, -0.25) is 0 Å². The van der Waals surface area contributed by atoms with Gasteiger partial charge in [-0.1, -0.05) is 0 Å². The minimum Gasteiger partial charge on any atom is -0.330 e. The third-order valence-corrected chi connectivity index (χ3v) is 4.89. The monoisotopic (exact) mass is 212 g/mol. The van der Waals surface area contributed by atoms with E-state index >= 15 is 0 Å². The lowest BCUT2D eigenvalue weighted by atomic mass is 10.5. The van der Waals surface area contributed by atoms with Crippen molar-refractivity contribution in [2.75, 3.05) is 24.6 Å². The molecule has 0 heterocycles. The van der Waals surface area contributed by atoms with Crippen LogP contribution >= 0.6 is 10.8 Å². The van der Waals surface area contributed by atoms with E-state index in [0.717, 1.165) is 17.2 Å². The fraction of sp³-hybridized carbons (Fsp3) is 1.00. The van der Waals surface area contributed by atoms with Gasteiger partial charge in [0.1, 0.15) is 0 Å². The molecule has 0 aliphatic heterocycles. The smallest absolute Gasteiger partial charge is 0.201 e. The summed E-state index contributed by atoms with van der Waals surface area (Å²) in [6.45, 7) is 0.968. The Morgan fingerprint density at radius 3 is 2.17 bits per heavy atom. The Balaban J connectivity index is 3.58. The summed E-state index contributed by atoms with van der Waals surface area (Å²) in [5, 5.41) is 0. The predicted octanol–water partition coefficient (Wildman–Crippen LogP) is -0.253. The summed E-state index contributed by atoms with van der Waals surface area (Å²) in [6.07, 6.45) is 1.28. The zero-order chi connectivity index (χ0) is 9.45. The summed E-state index contributed by atoms with van der Waals surface area (Å²) in [5.41, 5.74) is 10.4. The Hall–Kier alpha value is 0.220. The molecule has 0 fully saturated rings. The molecule has 0 unspecified atom stereocenters. The van der Waals surface area contributed by atoms with Gasteiger partial charge in [-0.25, -0.2) is 8.42 Å². The molecule has 0 spiro atoms. The van der Waals surface area contributed by atoms with Crippen LogP contribution in [-0.4, -0.2) is 33.0 Å². The maximum absolute atomic E-state index is 11.1. The molecule has 0 aromatic rings. The molecular formula is C6H16N2O2S2. The van der Waals surface area contributed by atoms with Gasteiger partial charge in [0.25, 0.3) is 0 Å². The SMILES string of the molecule is NCCCSS(=O)(=O)CCCN. The van der Waals surface area contributed by atoms with Gasteiger partial charge in [0.2, 0.25) is 8.87 Å². The summed E-state index contributed by atoms with van der Waals surface area (Å²) in [6, 6.07) is 0. The molecule has 6 heteroatoms. The van der Waals surface area contributed by atoms with Gasteiger partial charge in [0.15, 0.2) is 0 Å². The number of rotatable bonds is 7. The van der Waals surface area contributed by atoms with Crippen LogP contribution < -0.4 is 11.5 Å². The van der Waals surface area contributed by atoms with Crippen LogP contribution in [0.15, 0.2) is 0 Å². The van der Waals surface area contributed by atoms with E-state index < -0.39 is 8.87 Å². The van der Waals surface area contributed by atoms with Gasteiger partial charge in [-0.05, 0) is 36.7 Å². The summed E-state index contributed by atoms with van der Waals surface area (Å²) < 4.78 is 22.3.